The van der Waals surface area contributed by atoms with Gasteiger partial charge in [0.15, 0.2) is 0 Å². The first-order valence-electron chi connectivity index (χ1n) is 6.94. The van der Waals surface area contributed by atoms with Crippen LogP contribution in [-0.4, -0.2) is 38.0 Å². The summed E-state index contributed by atoms with van der Waals surface area (Å²) in [5.41, 5.74) is 1.50. The van der Waals surface area contributed by atoms with Gasteiger partial charge in [0, 0.05) is 23.6 Å². The van der Waals surface area contributed by atoms with Gasteiger partial charge in [0.2, 0.25) is 10.0 Å². The summed E-state index contributed by atoms with van der Waals surface area (Å²) in [7, 11) is -1.10. The smallest absolute Gasteiger partial charge is 0.339 e. The van der Waals surface area contributed by atoms with Crippen LogP contribution >= 0.6 is 15.9 Å². The summed E-state index contributed by atoms with van der Waals surface area (Å²) in [4.78, 5) is 11.7. The van der Waals surface area contributed by atoms with E-state index in [0.29, 0.717) is 21.5 Å². The van der Waals surface area contributed by atoms with Crippen LogP contribution in [0.25, 0.3) is 0 Å². The normalized spacial score (nSPS) is 11.8. The van der Waals surface area contributed by atoms with Gasteiger partial charge in [0.25, 0.3) is 0 Å². The number of carbonyl (C=O) groups is 1. The van der Waals surface area contributed by atoms with E-state index in [1.165, 1.54) is 36.7 Å². The molecule has 0 unspecified atom stereocenters. The monoisotopic (exact) mass is 416 g/mol. The Labute approximate surface area is 148 Å². The van der Waals surface area contributed by atoms with E-state index in [1.807, 2.05) is 0 Å². The molecular formula is C15H17BrN2O5S. The van der Waals surface area contributed by atoms with Crippen LogP contribution in [0, 0.1) is 13.8 Å². The van der Waals surface area contributed by atoms with Crippen molar-refractivity contribution < 1.29 is 22.5 Å². The molecule has 7 nitrogen and oxygen atoms in total. The van der Waals surface area contributed by atoms with Crippen molar-refractivity contribution in [3.63, 3.8) is 0 Å². The van der Waals surface area contributed by atoms with Crippen molar-refractivity contribution in [1.82, 2.24) is 9.46 Å². The molecule has 0 N–H and O–H groups in total. The molecule has 130 valence electrons. The summed E-state index contributed by atoms with van der Waals surface area (Å²) < 4.78 is 36.9. The molecule has 0 atom stereocenters. The predicted molar refractivity (Wildman–Crippen MR) is 90.1 cm³/mol. The van der Waals surface area contributed by atoms with Crippen LogP contribution in [0.1, 0.15) is 27.4 Å². The lowest BCUT2D eigenvalue weighted by molar-refractivity contribution is 0.0599. The minimum Gasteiger partial charge on any atom is -0.465 e. The van der Waals surface area contributed by atoms with Crippen molar-refractivity contribution in [1.29, 1.82) is 0 Å². The minimum absolute atomic E-state index is 0.000334. The van der Waals surface area contributed by atoms with Crippen LogP contribution in [0.2, 0.25) is 0 Å². The van der Waals surface area contributed by atoms with E-state index < -0.39 is 16.0 Å². The van der Waals surface area contributed by atoms with Gasteiger partial charge in [-0.3, -0.25) is 0 Å². The molecule has 0 saturated carbocycles. The Kier molecular flexibility index (Phi) is 5.46. The lowest BCUT2D eigenvalue weighted by Crippen LogP contribution is -2.27. The van der Waals surface area contributed by atoms with E-state index in [-0.39, 0.29) is 17.0 Å². The number of esters is 1. The van der Waals surface area contributed by atoms with Crippen molar-refractivity contribution in [2.45, 2.75) is 25.3 Å². The van der Waals surface area contributed by atoms with Gasteiger partial charge < -0.3 is 9.26 Å². The first-order chi connectivity index (χ1) is 11.2. The van der Waals surface area contributed by atoms with E-state index >= 15 is 0 Å². The minimum atomic E-state index is -3.79. The second kappa shape index (κ2) is 7.04. The lowest BCUT2D eigenvalue weighted by atomic mass is 10.2. The average molecular weight is 417 g/mol. The zero-order valence-electron chi connectivity index (χ0n) is 13.7. The Hall–Kier alpha value is -1.71. The molecule has 0 aliphatic rings. The number of rotatable bonds is 5. The number of halogens is 1. The third kappa shape index (κ3) is 3.52. The van der Waals surface area contributed by atoms with E-state index in [1.54, 1.807) is 13.8 Å². The largest absolute Gasteiger partial charge is 0.465 e. The number of hydrogen-bond donors (Lipinski definition) is 0. The van der Waals surface area contributed by atoms with Crippen LogP contribution in [0.5, 0.6) is 0 Å². The molecule has 1 aromatic heterocycles. The molecule has 0 aliphatic heterocycles. The second-order valence-corrected chi connectivity index (χ2v) is 8.10. The maximum absolute atomic E-state index is 12.8. The van der Waals surface area contributed by atoms with Gasteiger partial charge in [-0.05, 0) is 48.0 Å². The van der Waals surface area contributed by atoms with E-state index in [9.17, 15) is 13.2 Å². The zero-order chi connectivity index (χ0) is 18.1. The summed E-state index contributed by atoms with van der Waals surface area (Å²) in [5.74, 6) is -0.0482. The molecule has 0 radical (unpaired) electrons. The number of aryl methyl sites for hydroxylation is 2. The van der Waals surface area contributed by atoms with Crippen LogP contribution in [0.15, 0.2) is 32.1 Å². The van der Waals surface area contributed by atoms with Gasteiger partial charge in [-0.2, -0.15) is 4.31 Å². The van der Waals surface area contributed by atoms with Gasteiger partial charge in [0.05, 0.1) is 23.3 Å². The maximum atomic E-state index is 12.8. The molecule has 24 heavy (non-hydrogen) atoms. The Bertz CT molecular complexity index is 856. The molecule has 1 aromatic carbocycles. The van der Waals surface area contributed by atoms with Gasteiger partial charge >= 0.3 is 5.97 Å². The molecule has 2 rings (SSSR count). The zero-order valence-corrected chi connectivity index (χ0v) is 16.1. The number of ether oxygens (including phenoxy) is 1. The molecule has 0 amide bonds. The number of aromatic nitrogens is 1. The Morgan fingerprint density at radius 3 is 2.58 bits per heavy atom. The molecule has 1 heterocycles. The van der Waals surface area contributed by atoms with Gasteiger partial charge in [0.1, 0.15) is 5.76 Å². The van der Waals surface area contributed by atoms with Crippen molar-refractivity contribution >= 4 is 31.9 Å². The molecule has 0 fully saturated rings. The maximum Gasteiger partial charge on any atom is 0.339 e. The second-order valence-electron chi connectivity index (χ2n) is 5.20. The first kappa shape index (κ1) is 18.6. The summed E-state index contributed by atoms with van der Waals surface area (Å²) >= 11 is 3.21. The van der Waals surface area contributed by atoms with Crippen LogP contribution in [-0.2, 0) is 21.3 Å². The standard InChI is InChI=1S/C15H17BrN2O5S/c1-9-13(10(2)23-17-9)8-18(3)24(20,21)11-5-6-14(16)12(7-11)15(19)22-4/h5-7H,8H2,1-4H3. The van der Waals surface area contributed by atoms with Gasteiger partial charge in [-0.15, -0.1) is 0 Å². The third-order valence-corrected chi connectivity index (χ3v) is 6.10. The number of nitrogens with zero attached hydrogens (tertiary/aromatic N) is 2. The molecule has 2 aromatic rings. The van der Waals surface area contributed by atoms with E-state index in [0.717, 1.165) is 0 Å². The van der Waals surface area contributed by atoms with Crippen LogP contribution in [0.4, 0.5) is 0 Å². The Morgan fingerprint density at radius 2 is 2.04 bits per heavy atom. The van der Waals surface area contributed by atoms with E-state index in [2.05, 4.69) is 25.8 Å². The molecular weight excluding hydrogens is 400 g/mol. The van der Waals surface area contributed by atoms with Gasteiger partial charge in [-0.1, -0.05) is 5.16 Å². The molecule has 0 aliphatic carbocycles. The average Bonchev–Trinajstić information content (AvgIpc) is 2.86. The number of carbonyl (C=O) groups excluding carboxylic acids is 1. The Morgan fingerprint density at radius 1 is 1.38 bits per heavy atom. The number of hydrogen-bond acceptors (Lipinski definition) is 6. The van der Waals surface area contributed by atoms with Crippen LogP contribution in [0.3, 0.4) is 0 Å². The fourth-order valence-corrected chi connectivity index (χ4v) is 3.72. The van der Waals surface area contributed by atoms with Crippen molar-refractivity contribution in [2.24, 2.45) is 0 Å². The van der Waals surface area contributed by atoms with Crippen molar-refractivity contribution in [3.05, 3.63) is 45.3 Å². The lowest BCUT2D eigenvalue weighted by Gasteiger charge is -2.17. The quantitative estimate of drug-likeness (QED) is 0.695. The number of sulfonamides is 1. The topological polar surface area (TPSA) is 89.7 Å². The fraction of sp³-hybridized carbons (Fsp3) is 0.333. The fourth-order valence-electron chi connectivity index (χ4n) is 2.15. The van der Waals surface area contributed by atoms with E-state index in [4.69, 9.17) is 4.52 Å². The molecule has 0 saturated heterocycles. The van der Waals surface area contributed by atoms with Crippen molar-refractivity contribution in [2.75, 3.05) is 14.2 Å². The van der Waals surface area contributed by atoms with Crippen LogP contribution < -0.4 is 0 Å². The Balaban J connectivity index is 2.38. The summed E-state index contributed by atoms with van der Waals surface area (Å²) in [6.45, 7) is 3.60. The molecule has 0 bridgehead atoms. The first-order valence-corrected chi connectivity index (χ1v) is 9.17. The number of methoxy groups -OCH3 is 1. The van der Waals surface area contributed by atoms with Crippen molar-refractivity contribution in [3.8, 4) is 0 Å². The van der Waals surface area contributed by atoms with Gasteiger partial charge in [-0.25, -0.2) is 13.2 Å². The summed E-state index contributed by atoms with van der Waals surface area (Å²) in [5, 5.41) is 3.82. The highest BCUT2D eigenvalue weighted by molar-refractivity contribution is 9.10. The highest BCUT2D eigenvalue weighted by Crippen LogP contribution is 2.25. The summed E-state index contributed by atoms with van der Waals surface area (Å²) in [6.07, 6.45) is 0. The highest BCUT2D eigenvalue weighted by atomic mass is 79.9. The SMILES string of the molecule is COC(=O)c1cc(S(=O)(=O)N(C)Cc2c(C)noc2C)ccc1Br. The highest BCUT2D eigenvalue weighted by Gasteiger charge is 2.25. The molecule has 0 spiro atoms. The third-order valence-electron chi connectivity index (χ3n) is 3.61. The molecule has 9 heteroatoms. The predicted octanol–water partition coefficient (Wildman–Crippen LogP) is 2.66. The number of benzene rings is 1. The summed E-state index contributed by atoms with van der Waals surface area (Å²) in [6, 6.07) is 4.22.